The number of carboxylic acid groups (broad SMARTS) is 1. The number of aliphatic hydroxyl groups is 1. The molecular formula is C15H15N6NaO7S2. The first-order valence-electron chi connectivity index (χ1n) is 8.61. The van der Waals surface area contributed by atoms with E-state index >= 15 is 0 Å². The maximum atomic E-state index is 12.8. The van der Waals surface area contributed by atoms with E-state index in [1.807, 2.05) is 0 Å². The fourth-order valence-corrected chi connectivity index (χ4v) is 4.69. The van der Waals surface area contributed by atoms with Crippen molar-refractivity contribution in [3.8, 4) is 0 Å². The molecule has 31 heavy (non-hydrogen) atoms. The summed E-state index contributed by atoms with van der Waals surface area (Å²) in [4.78, 5) is 46.9. The van der Waals surface area contributed by atoms with Gasteiger partial charge in [-0.15, -0.1) is 11.8 Å². The van der Waals surface area contributed by atoms with E-state index in [0.29, 0.717) is 13.2 Å². The maximum absolute atomic E-state index is 12.8. The molecule has 13 nitrogen and oxygen atoms in total. The maximum Gasteiger partial charge on any atom is 1.00 e. The molecule has 0 bridgehead atoms. The molecule has 2 saturated heterocycles. The van der Waals surface area contributed by atoms with Crippen LogP contribution in [0.3, 0.4) is 0 Å². The number of fused-ring (bicyclic) bond motifs is 1. The number of nitrogens with two attached hydrogens (primary N) is 1. The number of nitrogen functional groups attached to an aromatic ring is 1. The van der Waals surface area contributed by atoms with Gasteiger partial charge in [0.05, 0.1) is 31.5 Å². The Labute approximate surface area is 205 Å². The molecule has 2 fully saturated rings. The third-order valence-corrected chi connectivity index (χ3v) is 6.37. The average molecular weight is 478 g/mol. The number of β-lactam (4-membered cyclic amide) rings is 1. The fraction of sp³-hybridized carbons (Fsp3) is 0.467. The number of anilines is 1. The van der Waals surface area contributed by atoms with Gasteiger partial charge in [-0.25, -0.2) is 0 Å². The zero-order valence-electron chi connectivity index (χ0n) is 16.1. The molecule has 0 radical (unpaired) electrons. The smallest absolute Gasteiger partial charge is 0.543 e. The van der Waals surface area contributed by atoms with Crippen LogP contribution in [0.2, 0.25) is 0 Å². The Morgan fingerprint density at radius 1 is 1.45 bits per heavy atom. The van der Waals surface area contributed by atoms with Crippen molar-refractivity contribution in [3.05, 3.63) is 17.1 Å². The van der Waals surface area contributed by atoms with Gasteiger partial charge >= 0.3 is 29.6 Å². The Morgan fingerprint density at radius 2 is 2.19 bits per heavy atom. The number of hydrogen-bond acceptors (Lipinski definition) is 13. The quantitative estimate of drug-likeness (QED) is 0.146. The number of rotatable bonds is 7. The summed E-state index contributed by atoms with van der Waals surface area (Å²) in [7, 11) is 0. The second-order valence-electron chi connectivity index (χ2n) is 6.42. The molecule has 2 atom stereocenters. The molecule has 1 aromatic rings. The number of aliphatic hydroxyl groups excluding tert-OH is 1. The van der Waals surface area contributed by atoms with E-state index in [1.165, 1.54) is 11.8 Å². The Balaban J connectivity index is 0.00000272. The number of nitrogens with zero attached hydrogens (tertiary/aromatic N) is 4. The van der Waals surface area contributed by atoms with Gasteiger partial charge in [-0.1, -0.05) is 5.16 Å². The van der Waals surface area contributed by atoms with Gasteiger partial charge in [0.25, 0.3) is 11.8 Å². The Hall–Kier alpha value is -1.75. The number of thioether (sulfide) groups is 1. The fourth-order valence-electron chi connectivity index (χ4n) is 2.92. The van der Waals surface area contributed by atoms with Crippen molar-refractivity contribution in [2.75, 3.05) is 31.3 Å². The largest absolute Gasteiger partial charge is 1.00 e. The number of carbonyl (C=O) groups is 3. The summed E-state index contributed by atoms with van der Waals surface area (Å²) >= 11 is 2.07. The van der Waals surface area contributed by atoms with Gasteiger partial charge in [0.15, 0.2) is 11.2 Å². The minimum atomic E-state index is -1.57. The molecule has 2 amide bonds. The number of aromatic nitrogens is 2. The average Bonchev–Trinajstić information content (AvgIpc) is 3.12. The van der Waals surface area contributed by atoms with Gasteiger partial charge in [-0.3, -0.25) is 14.5 Å². The van der Waals surface area contributed by atoms with Crippen LogP contribution in [-0.4, -0.2) is 86.0 Å². The molecule has 4 N–H and O–H groups in total. The third-order valence-electron chi connectivity index (χ3n) is 4.49. The van der Waals surface area contributed by atoms with E-state index in [0.717, 1.165) is 16.4 Å². The standard InChI is InChI=1S/C15H16N6O7S2.Na/c16-15-18-10(20-30-15)7(19-28-6-2-27-3-6)11(23)17-8-12(24)21-9(14(25)26)5(1-22)4-29-13(8)21;/h6,8,13,22H,1-4H2,(H,17,23)(H,25,26)(H2,16,18,20);/q;+1/p-1/b19-7-;/t8-,13-;/m1./s1. The van der Waals surface area contributed by atoms with Gasteiger partial charge in [0.1, 0.15) is 11.4 Å². The van der Waals surface area contributed by atoms with Crippen LogP contribution in [0, 0.1) is 0 Å². The summed E-state index contributed by atoms with van der Waals surface area (Å²) in [5.41, 5.74) is 5.11. The summed E-state index contributed by atoms with van der Waals surface area (Å²) in [5, 5.41) is 26.5. The van der Waals surface area contributed by atoms with Crippen molar-refractivity contribution >= 4 is 51.9 Å². The predicted octanol–water partition coefficient (Wildman–Crippen LogP) is -6.36. The van der Waals surface area contributed by atoms with Crippen LogP contribution in [0.1, 0.15) is 5.82 Å². The summed E-state index contributed by atoms with van der Waals surface area (Å²) in [6.45, 7) is 0.135. The molecule has 0 aliphatic carbocycles. The first-order chi connectivity index (χ1) is 14.4. The third kappa shape index (κ3) is 4.57. The molecule has 4 rings (SSSR count). The number of aliphatic carboxylic acids is 1. The Morgan fingerprint density at radius 3 is 2.74 bits per heavy atom. The molecule has 1 aromatic heterocycles. The van der Waals surface area contributed by atoms with E-state index < -0.39 is 35.8 Å². The minimum Gasteiger partial charge on any atom is -0.543 e. The monoisotopic (exact) mass is 478 g/mol. The molecule has 16 heteroatoms. The predicted molar refractivity (Wildman–Crippen MR) is 101 cm³/mol. The zero-order valence-corrected chi connectivity index (χ0v) is 19.8. The van der Waals surface area contributed by atoms with Gasteiger partial charge < -0.3 is 35.6 Å². The summed E-state index contributed by atoms with van der Waals surface area (Å²) in [5.74, 6) is -2.88. The molecule has 0 saturated carbocycles. The molecule has 0 aromatic carbocycles. The van der Waals surface area contributed by atoms with Crippen LogP contribution in [0.15, 0.2) is 16.4 Å². The molecule has 3 aliphatic rings. The van der Waals surface area contributed by atoms with Crippen molar-refractivity contribution in [2.24, 2.45) is 5.16 Å². The number of carboxylic acids is 1. The number of ether oxygens (including phenoxy) is 1. The summed E-state index contributed by atoms with van der Waals surface area (Å²) < 4.78 is 8.92. The summed E-state index contributed by atoms with van der Waals surface area (Å²) in [6.07, 6.45) is -0.314. The van der Waals surface area contributed by atoms with Crippen molar-refractivity contribution in [1.29, 1.82) is 0 Å². The zero-order chi connectivity index (χ0) is 21.4. The van der Waals surface area contributed by atoms with E-state index in [1.54, 1.807) is 0 Å². The van der Waals surface area contributed by atoms with Crippen LogP contribution in [0.5, 0.6) is 0 Å². The van der Waals surface area contributed by atoms with Gasteiger partial charge in [-0.05, 0) is 5.57 Å². The van der Waals surface area contributed by atoms with Crippen LogP contribution in [-0.2, 0) is 24.0 Å². The molecule has 4 heterocycles. The van der Waals surface area contributed by atoms with E-state index in [4.69, 9.17) is 15.3 Å². The van der Waals surface area contributed by atoms with Gasteiger partial charge in [-0.2, -0.15) is 9.36 Å². The van der Waals surface area contributed by atoms with Crippen molar-refractivity contribution in [2.45, 2.75) is 17.5 Å². The molecule has 3 aliphatic heterocycles. The molecule has 0 spiro atoms. The number of carbonyl (C=O) groups excluding carboxylic acids is 3. The molecular weight excluding hydrogens is 463 g/mol. The topological polar surface area (TPSA) is 192 Å². The SMILES string of the molecule is Nc1nc(/C(=N/OC2COC2)C(=O)N[C@@H]2C(=O)N3C(C(=O)[O-])=C(CO)CS[C@H]23)ns1.[Na+]. The Bertz CT molecular complexity index is 965. The first-order valence-corrected chi connectivity index (χ1v) is 10.4. The second-order valence-corrected chi connectivity index (χ2v) is 8.31. The van der Waals surface area contributed by atoms with Gasteiger partial charge in [0, 0.05) is 17.3 Å². The second kappa shape index (κ2) is 9.81. The van der Waals surface area contributed by atoms with E-state index in [-0.39, 0.29) is 69.4 Å². The molecule has 160 valence electrons. The van der Waals surface area contributed by atoms with E-state index in [2.05, 4.69) is 19.8 Å². The van der Waals surface area contributed by atoms with Crippen molar-refractivity contribution in [3.63, 3.8) is 0 Å². The number of hydrogen-bond donors (Lipinski definition) is 3. The van der Waals surface area contributed by atoms with Gasteiger partial charge in [0.2, 0.25) is 11.5 Å². The summed E-state index contributed by atoms with van der Waals surface area (Å²) in [6, 6.07) is -1.01. The van der Waals surface area contributed by atoms with Crippen LogP contribution >= 0.6 is 23.3 Å². The number of amides is 2. The Kier molecular flexibility index (Phi) is 7.56. The van der Waals surface area contributed by atoms with E-state index in [9.17, 15) is 24.6 Å². The van der Waals surface area contributed by atoms with Crippen LogP contribution in [0.4, 0.5) is 5.13 Å². The normalized spacial score (nSPS) is 23.3. The number of nitrogens with one attached hydrogen (secondary N) is 1. The first kappa shape index (κ1) is 23.9. The van der Waals surface area contributed by atoms with Crippen molar-refractivity contribution < 1.29 is 63.7 Å². The molecule has 0 unspecified atom stereocenters. The number of oxime groups is 1. The minimum absolute atomic E-state index is 0. The van der Waals surface area contributed by atoms with Crippen molar-refractivity contribution in [1.82, 2.24) is 19.6 Å². The van der Waals surface area contributed by atoms with Crippen LogP contribution < -0.4 is 45.7 Å². The van der Waals surface area contributed by atoms with Crippen LogP contribution in [0.25, 0.3) is 0 Å².